The summed E-state index contributed by atoms with van der Waals surface area (Å²) in [6.45, 7) is -0.114. The van der Waals surface area contributed by atoms with Crippen LogP contribution in [0.2, 0.25) is 0 Å². The maximum absolute atomic E-state index is 13.6. The lowest BCUT2D eigenvalue weighted by molar-refractivity contribution is -0.141. The molecule has 0 spiro atoms. The van der Waals surface area contributed by atoms with E-state index in [4.69, 9.17) is 0 Å². The molecular formula is C25H21BrF7NO2. The molecule has 0 aromatic heterocycles. The van der Waals surface area contributed by atoms with Crippen LogP contribution >= 0.6 is 15.9 Å². The van der Waals surface area contributed by atoms with Crippen molar-refractivity contribution in [3.05, 3.63) is 75.0 Å². The van der Waals surface area contributed by atoms with Crippen LogP contribution in [0, 0.1) is 18.2 Å². The third-order valence-electron chi connectivity index (χ3n) is 5.95. The van der Waals surface area contributed by atoms with Crippen molar-refractivity contribution in [1.29, 1.82) is 0 Å². The Hall–Kier alpha value is -2.69. The van der Waals surface area contributed by atoms with Crippen LogP contribution in [0.25, 0.3) is 6.08 Å². The van der Waals surface area contributed by atoms with E-state index in [0.717, 1.165) is 24.3 Å². The Morgan fingerprint density at radius 1 is 1.08 bits per heavy atom. The zero-order valence-corrected chi connectivity index (χ0v) is 20.5. The number of alkyl halides is 6. The van der Waals surface area contributed by atoms with E-state index >= 15 is 0 Å². The highest BCUT2D eigenvalue weighted by Gasteiger charge is 2.51. The largest absolute Gasteiger partial charge is 0.405 e. The van der Waals surface area contributed by atoms with E-state index in [-0.39, 0.29) is 40.4 Å². The minimum absolute atomic E-state index is 0.0845. The smallest absolute Gasteiger partial charge is 0.346 e. The molecule has 1 aliphatic carbocycles. The highest BCUT2D eigenvalue weighted by atomic mass is 79.9. The van der Waals surface area contributed by atoms with Gasteiger partial charge in [0.15, 0.2) is 5.78 Å². The molecule has 1 N–H and O–H groups in total. The van der Waals surface area contributed by atoms with E-state index in [2.05, 4.69) is 15.9 Å². The van der Waals surface area contributed by atoms with Gasteiger partial charge in [0, 0.05) is 16.5 Å². The number of nitrogens with one attached hydrogen (secondary N) is 1. The normalized spacial score (nSPS) is 16.1. The van der Waals surface area contributed by atoms with Crippen molar-refractivity contribution in [3.63, 3.8) is 0 Å². The predicted octanol–water partition coefficient (Wildman–Crippen LogP) is 7.29. The molecule has 1 saturated carbocycles. The predicted molar refractivity (Wildman–Crippen MR) is 123 cm³/mol. The standard InChI is InChI=1S/C25H21BrF7NO2/c1-14-10-16(4-7-20(14)27)18(25(31,32)33)6-3-15-2-5-17(19(26)11-15)21(35)12-23(8-9-23)22(36)34-13-24(28,29)30/h2-7,10-11,18H,8-9,12-13H2,1H3,(H,34,36)/b6-3+. The van der Waals surface area contributed by atoms with Gasteiger partial charge >= 0.3 is 12.4 Å². The number of ketones is 1. The van der Waals surface area contributed by atoms with Gasteiger partial charge < -0.3 is 5.32 Å². The van der Waals surface area contributed by atoms with Crippen molar-refractivity contribution in [2.45, 2.75) is 44.5 Å². The second kappa shape index (κ2) is 10.4. The highest BCUT2D eigenvalue weighted by Crippen LogP contribution is 2.50. The fourth-order valence-corrected chi connectivity index (χ4v) is 4.36. The molecule has 0 bridgehead atoms. The zero-order valence-electron chi connectivity index (χ0n) is 18.9. The number of carbonyl (C=O) groups is 2. The van der Waals surface area contributed by atoms with Crippen LogP contribution in [0.1, 0.15) is 52.2 Å². The maximum atomic E-state index is 13.6. The molecule has 0 aliphatic heterocycles. The average molecular weight is 580 g/mol. The molecule has 1 unspecified atom stereocenters. The van der Waals surface area contributed by atoms with Crippen molar-refractivity contribution in [2.75, 3.05) is 6.54 Å². The number of hydrogen-bond donors (Lipinski definition) is 1. The Labute approximate surface area is 210 Å². The molecular weight excluding hydrogens is 559 g/mol. The molecule has 0 saturated heterocycles. The molecule has 1 fully saturated rings. The Balaban J connectivity index is 1.74. The van der Waals surface area contributed by atoms with Crippen LogP contribution in [0.4, 0.5) is 30.7 Å². The Kier molecular flexibility index (Phi) is 8.02. The lowest BCUT2D eigenvalue weighted by Gasteiger charge is -2.18. The summed E-state index contributed by atoms with van der Waals surface area (Å²) in [5.41, 5.74) is -0.726. The second-order valence-corrected chi connectivity index (χ2v) is 9.66. The Morgan fingerprint density at radius 2 is 1.75 bits per heavy atom. The lowest BCUT2D eigenvalue weighted by atomic mass is 9.93. The van der Waals surface area contributed by atoms with Gasteiger partial charge in [0.2, 0.25) is 5.91 Å². The first kappa shape index (κ1) is 27.9. The summed E-state index contributed by atoms with van der Waals surface area (Å²) in [6, 6.07) is 7.40. The first-order valence-corrected chi connectivity index (χ1v) is 11.6. The quantitative estimate of drug-likeness (QED) is 0.264. The topological polar surface area (TPSA) is 46.2 Å². The SMILES string of the molecule is Cc1cc(C(/C=C/c2ccc(C(=O)CC3(C(=O)NCC(F)(F)F)CC3)c(Br)c2)C(F)(F)F)ccc1F. The molecule has 2 aromatic carbocycles. The minimum Gasteiger partial charge on any atom is -0.346 e. The molecule has 194 valence electrons. The molecule has 3 rings (SSSR count). The van der Waals surface area contributed by atoms with Gasteiger partial charge in [-0.1, -0.05) is 46.3 Å². The van der Waals surface area contributed by atoms with Gasteiger partial charge in [0.1, 0.15) is 12.4 Å². The first-order chi connectivity index (χ1) is 16.6. The monoisotopic (exact) mass is 579 g/mol. The van der Waals surface area contributed by atoms with E-state index in [1.807, 2.05) is 5.32 Å². The van der Waals surface area contributed by atoms with Crippen molar-refractivity contribution in [3.8, 4) is 0 Å². The Bertz CT molecular complexity index is 1180. The minimum atomic E-state index is -4.63. The van der Waals surface area contributed by atoms with Gasteiger partial charge in [-0.05, 0) is 54.7 Å². The molecule has 0 heterocycles. The summed E-state index contributed by atoms with van der Waals surface area (Å²) >= 11 is 3.21. The van der Waals surface area contributed by atoms with Crippen LogP contribution in [0.15, 0.2) is 46.9 Å². The summed E-state index contributed by atoms with van der Waals surface area (Å²) in [5, 5.41) is 1.82. The molecule has 0 radical (unpaired) electrons. The van der Waals surface area contributed by atoms with Crippen molar-refractivity contribution >= 4 is 33.7 Å². The summed E-state index contributed by atoms with van der Waals surface area (Å²) in [7, 11) is 0. The molecule has 1 aliphatic rings. The average Bonchev–Trinajstić information content (AvgIpc) is 3.53. The number of allylic oxidation sites excluding steroid dienone is 1. The summed E-state index contributed by atoms with van der Waals surface area (Å²) in [4.78, 5) is 24.9. The zero-order chi connectivity index (χ0) is 26.9. The number of amides is 1. The highest BCUT2D eigenvalue weighted by molar-refractivity contribution is 9.10. The number of hydrogen-bond acceptors (Lipinski definition) is 2. The lowest BCUT2D eigenvalue weighted by Crippen LogP contribution is -2.39. The van der Waals surface area contributed by atoms with Gasteiger partial charge in [0.25, 0.3) is 0 Å². The van der Waals surface area contributed by atoms with E-state index in [1.54, 1.807) is 0 Å². The maximum Gasteiger partial charge on any atom is 0.405 e. The summed E-state index contributed by atoms with van der Waals surface area (Å²) < 4.78 is 91.8. The molecule has 36 heavy (non-hydrogen) atoms. The van der Waals surface area contributed by atoms with Gasteiger partial charge in [-0.3, -0.25) is 9.59 Å². The van der Waals surface area contributed by atoms with E-state index in [9.17, 15) is 40.3 Å². The van der Waals surface area contributed by atoms with Crippen LogP contribution < -0.4 is 5.32 Å². The Morgan fingerprint density at radius 3 is 2.28 bits per heavy atom. The second-order valence-electron chi connectivity index (χ2n) is 8.80. The fourth-order valence-electron chi connectivity index (χ4n) is 3.74. The number of aryl methyl sites for hydroxylation is 1. The molecule has 1 atom stereocenters. The first-order valence-electron chi connectivity index (χ1n) is 10.8. The number of Topliss-reactive ketones (excluding diaryl/α,β-unsaturated/α-hetero) is 1. The van der Waals surface area contributed by atoms with Gasteiger partial charge in [-0.2, -0.15) is 26.3 Å². The molecule has 11 heteroatoms. The number of benzene rings is 2. The van der Waals surface area contributed by atoms with Gasteiger partial charge in [-0.25, -0.2) is 4.39 Å². The van der Waals surface area contributed by atoms with E-state index in [0.29, 0.717) is 5.56 Å². The van der Waals surface area contributed by atoms with Crippen LogP contribution in [0.5, 0.6) is 0 Å². The number of carbonyl (C=O) groups excluding carboxylic acids is 2. The number of rotatable bonds is 8. The number of halogens is 8. The third kappa shape index (κ3) is 6.96. The van der Waals surface area contributed by atoms with Crippen LogP contribution in [-0.4, -0.2) is 30.6 Å². The molecule has 2 aromatic rings. The van der Waals surface area contributed by atoms with Gasteiger partial charge in [-0.15, -0.1) is 0 Å². The summed E-state index contributed by atoms with van der Waals surface area (Å²) in [5.74, 6) is -3.91. The summed E-state index contributed by atoms with van der Waals surface area (Å²) in [6.07, 6.45) is -6.76. The van der Waals surface area contributed by atoms with Crippen LogP contribution in [0.3, 0.4) is 0 Å². The van der Waals surface area contributed by atoms with E-state index in [1.165, 1.54) is 31.2 Å². The third-order valence-corrected chi connectivity index (χ3v) is 6.61. The fraction of sp³-hybridized carbons (Fsp3) is 0.360. The van der Waals surface area contributed by atoms with Gasteiger partial charge in [0.05, 0.1) is 11.3 Å². The van der Waals surface area contributed by atoms with E-state index < -0.39 is 47.7 Å². The van der Waals surface area contributed by atoms with Crippen LogP contribution in [-0.2, 0) is 4.79 Å². The molecule has 3 nitrogen and oxygen atoms in total. The molecule has 1 amide bonds. The van der Waals surface area contributed by atoms with Crippen molar-refractivity contribution < 1.29 is 40.3 Å². The van der Waals surface area contributed by atoms with Crippen molar-refractivity contribution in [1.82, 2.24) is 5.32 Å². The van der Waals surface area contributed by atoms with Crippen molar-refractivity contribution in [2.24, 2.45) is 5.41 Å².